The fourth-order valence-corrected chi connectivity index (χ4v) is 5.43. The Bertz CT molecular complexity index is 660. The summed E-state index contributed by atoms with van der Waals surface area (Å²) in [6.07, 6.45) is 3.32. The monoisotopic (exact) mass is 295 g/mol. The molecule has 108 valence electrons. The van der Waals surface area contributed by atoms with E-state index in [9.17, 15) is 13.2 Å². The van der Waals surface area contributed by atoms with Crippen LogP contribution in [0.15, 0.2) is 23.1 Å². The lowest BCUT2D eigenvalue weighted by molar-refractivity contribution is -0.119. The van der Waals surface area contributed by atoms with E-state index in [1.54, 1.807) is 18.2 Å². The summed E-state index contributed by atoms with van der Waals surface area (Å²) in [7, 11) is -2.22. The molecule has 3 rings (SSSR count). The number of methoxy groups -OCH3 is 1. The predicted octanol–water partition coefficient (Wildman–Crippen LogP) is 2.12. The number of rotatable bonds is 1. The number of para-hydroxylation sites is 1. The molecule has 1 spiro atoms. The summed E-state index contributed by atoms with van der Waals surface area (Å²) < 4.78 is 29.8. The van der Waals surface area contributed by atoms with Gasteiger partial charge in [0.05, 0.1) is 12.0 Å². The summed E-state index contributed by atoms with van der Waals surface area (Å²) in [5.74, 6) is -0.0284. The number of hydrogen-bond donors (Lipinski definition) is 1. The molecule has 1 saturated carbocycles. The molecule has 2 aliphatic rings. The molecule has 1 aromatic carbocycles. The van der Waals surface area contributed by atoms with Crippen LogP contribution in [0.25, 0.3) is 0 Å². The Morgan fingerprint density at radius 1 is 1.20 bits per heavy atom. The summed E-state index contributed by atoms with van der Waals surface area (Å²) in [6.45, 7) is 0. The third-order valence-electron chi connectivity index (χ3n) is 4.33. The van der Waals surface area contributed by atoms with Crippen molar-refractivity contribution in [2.45, 2.75) is 41.7 Å². The number of amides is 1. The number of benzene rings is 1. The Hall–Kier alpha value is -1.56. The molecule has 0 radical (unpaired) electrons. The first-order chi connectivity index (χ1) is 9.53. The highest BCUT2D eigenvalue weighted by Gasteiger charge is 2.55. The lowest BCUT2D eigenvalue weighted by Gasteiger charge is -2.39. The topological polar surface area (TPSA) is 72.5 Å². The van der Waals surface area contributed by atoms with Gasteiger partial charge >= 0.3 is 0 Å². The van der Waals surface area contributed by atoms with Crippen molar-refractivity contribution >= 4 is 21.4 Å². The molecule has 0 bridgehead atoms. The Morgan fingerprint density at radius 2 is 1.90 bits per heavy atom. The first kappa shape index (κ1) is 13.4. The number of anilines is 1. The zero-order chi connectivity index (χ0) is 14.4. The van der Waals surface area contributed by atoms with Crippen molar-refractivity contribution in [3.63, 3.8) is 0 Å². The van der Waals surface area contributed by atoms with E-state index in [4.69, 9.17) is 4.74 Å². The fraction of sp³-hybridized carbons (Fsp3) is 0.500. The minimum absolute atomic E-state index is 0.179. The Kier molecular flexibility index (Phi) is 3.01. The minimum atomic E-state index is -3.68. The molecule has 20 heavy (non-hydrogen) atoms. The Labute approximate surface area is 118 Å². The minimum Gasteiger partial charge on any atom is -0.495 e. The van der Waals surface area contributed by atoms with Crippen LogP contribution >= 0.6 is 0 Å². The lowest BCUT2D eigenvalue weighted by Crippen LogP contribution is -2.53. The van der Waals surface area contributed by atoms with Crippen LogP contribution in [0.5, 0.6) is 5.75 Å². The van der Waals surface area contributed by atoms with Crippen LogP contribution in [-0.4, -0.2) is 26.2 Å². The van der Waals surface area contributed by atoms with Crippen molar-refractivity contribution in [2.24, 2.45) is 0 Å². The smallest absolute Gasteiger partial charge is 0.246 e. The van der Waals surface area contributed by atoms with Crippen molar-refractivity contribution in [3.8, 4) is 5.75 Å². The first-order valence-electron chi connectivity index (χ1n) is 6.76. The van der Waals surface area contributed by atoms with E-state index in [0.29, 0.717) is 18.6 Å². The second-order valence-corrected chi connectivity index (χ2v) is 7.57. The molecule has 1 aliphatic heterocycles. The molecular formula is C14H17NO4S. The molecule has 1 aliphatic carbocycles. The number of nitrogens with one attached hydrogen (secondary N) is 1. The Morgan fingerprint density at radius 3 is 2.55 bits per heavy atom. The van der Waals surface area contributed by atoms with Crippen LogP contribution < -0.4 is 10.1 Å². The summed E-state index contributed by atoms with van der Waals surface area (Å²) in [6, 6.07) is 4.83. The lowest BCUT2D eigenvalue weighted by atomic mass is 9.87. The summed E-state index contributed by atoms with van der Waals surface area (Å²) in [5, 5.41) is 2.75. The number of hydrogen-bond acceptors (Lipinski definition) is 4. The maximum absolute atomic E-state index is 12.9. The van der Waals surface area contributed by atoms with Gasteiger partial charge in [-0.1, -0.05) is 25.3 Å². The molecule has 1 aromatic rings. The van der Waals surface area contributed by atoms with E-state index < -0.39 is 20.5 Å². The van der Waals surface area contributed by atoms with Gasteiger partial charge in [0.2, 0.25) is 5.91 Å². The van der Waals surface area contributed by atoms with Gasteiger partial charge < -0.3 is 10.1 Å². The Balaban J connectivity index is 2.23. The van der Waals surface area contributed by atoms with E-state index >= 15 is 0 Å². The van der Waals surface area contributed by atoms with E-state index in [2.05, 4.69) is 5.32 Å². The summed E-state index contributed by atoms with van der Waals surface area (Å²) in [5.41, 5.74) is 0.274. The molecule has 1 fully saturated rings. The number of fused-ring (bicyclic) bond motifs is 1. The number of ether oxygens (including phenoxy) is 1. The van der Waals surface area contributed by atoms with Gasteiger partial charge in [-0.2, -0.15) is 0 Å². The van der Waals surface area contributed by atoms with E-state index in [0.717, 1.165) is 19.3 Å². The van der Waals surface area contributed by atoms with Crippen LogP contribution in [0.1, 0.15) is 32.1 Å². The largest absolute Gasteiger partial charge is 0.495 e. The van der Waals surface area contributed by atoms with Gasteiger partial charge in [-0.25, -0.2) is 8.42 Å². The van der Waals surface area contributed by atoms with E-state index in [-0.39, 0.29) is 10.6 Å². The van der Waals surface area contributed by atoms with Crippen molar-refractivity contribution in [2.75, 3.05) is 12.4 Å². The normalized spacial score (nSPS) is 22.9. The molecule has 6 heteroatoms. The third kappa shape index (κ3) is 1.60. The van der Waals surface area contributed by atoms with Crippen LogP contribution in [0, 0.1) is 0 Å². The highest BCUT2D eigenvalue weighted by atomic mass is 32.2. The highest BCUT2D eigenvalue weighted by Crippen LogP contribution is 2.47. The molecule has 1 amide bonds. The van der Waals surface area contributed by atoms with Crippen molar-refractivity contribution in [3.05, 3.63) is 18.2 Å². The molecule has 0 saturated heterocycles. The molecule has 1 heterocycles. The van der Waals surface area contributed by atoms with Crippen LogP contribution in [-0.2, 0) is 14.6 Å². The van der Waals surface area contributed by atoms with E-state index in [1.807, 2.05) is 0 Å². The van der Waals surface area contributed by atoms with Crippen molar-refractivity contribution in [1.82, 2.24) is 0 Å². The van der Waals surface area contributed by atoms with Crippen LogP contribution in [0.3, 0.4) is 0 Å². The third-order valence-corrected chi connectivity index (χ3v) is 6.87. The fourth-order valence-electron chi connectivity index (χ4n) is 3.21. The average molecular weight is 295 g/mol. The first-order valence-corrected chi connectivity index (χ1v) is 8.24. The van der Waals surface area contributed by atoms with Gasteiger partial charge in [-0.3, -0.25) is 4.79 Å². The molecule has 0 unspecified atom stereocenters. The zero-order valence-corrected chi connectivity index (χ0v) is 12.1. The molecular weight excluding hydrogens is 278 g/mol. The second-order valence-electron chi connectivity index (χ2n) is 5.35. The summed E-state index contributed by atoms with van der Waals surface area (Å²) >= 11 is 0. The molecule has 1 N–H and O–H groups in total. The molecule has 0 atom stereocenters. The van der Waals surface area contributed by atoms with Gasteiger partial charge in [-0.05, 0) is 25.0 Å². The highest BCUT2D eigenvalue weighted by molar-refractivity contribution is 7.94. The number of sulfone groups is 1. The maximum atomic E-state index is 12.9. The van der Waals surface area contributed by atoms with Crippen LogP contribution in [0.2, 0.25) is 0 Å². The molecule has 0 aromatic heterocycles. The van der Waals surface area contributed by atoms with Crippen molar-refractivity contribution in [1.29, 1.82) is 0 Å². The second kappa shape index (κ2) is 4.48. The van der Waals surface area contributed by atoms with Gasteiger partial charge in [-0.15, -0.1) is 0 Å². The number of carbonyl (C=O) groups excluding carboxylic acids is 1. The van der Waals surface area contributed by atoms with Crippen molar-refractivity contribution < 1.29 is 17.9 Å². The van der Waals surface area contributed by atoms with Gasteiger partial charge in [0.15, 0.2) is 14.6 Å². The molecule has 5 nitrogen and oxygen atoms in total. The predicted molar refractivity (Wildman–Crippen MR) is 74.6 cm³/mol. The standard InChI is InChI=1S/C14H17NO4S/c1-19-10-6-5-7-11-12(10)15-13(16)14(20(11,17)18)8-3-2-4-9-14/h5-7H,2-4,8-9H2,1H3,(H,15,16). The quantitative estimate of drug-likeness (QED) is 0.861. The zero-order valence-electron chi connectivity index (χ0n) is 11.3. The number of carbonyl (C=O) groups is 1. The maximum Gasteiger partial charge on any atom is 0.246 e. The van der Waals surface area contributed by atoms with E-state index in [1.165, 1.54) is 7.11 Å². The SMILES string of the molecule is COc1cccc2c1NC(=O)C1(CCCCC1)S2(=O)=O. The van der Waals surface area contributed by atoms with Gasteiger partial charge in [0.1, 0.15) is 11.4 Å². The average Bonchev–Trinajstić information content (AvgIpc) is 2.46. The van der Waals surface area contributed by atoms with Gasteiger partial charge in [0.25, 0.3) is 0 Å². The summed E-state index contributed by atoms with van der Waals surface area (Å²) in [4.78, 5) is 12.7. The van der Waals surface area contributed by atoms with Gasteiger partial charge in [0, 0.05) is 0 Å². The van der Waals surface area contributed by atoms with Crippen LogP contribution in [0.4, 0.5) is 5.69 Å².